The van der Waals surface area contributed by atoms with Crippen LogP contribution in [0.5, 0.6) is 0 Å². The highest BCUT2D eigenvalue weighted by molar-refractivity contribution is 5.72. The summed E-state index contributed by atoms with van der Waals surface area (Å²) in [7, 11) is 0. The Labute approximate surface area is 153 Å². The Hall–Kier alpha value is -3.05. The fraction of sp³-hybridized carbons (Fsp3) is 0.190. The molecule has 2 aromatic heterocycles. The van der Waals surface area contributed by atoms with Crippen LogP contribution in [0.2, 0.25) is 0 Å². The summed E-state index contributed by atoms with van der Waals surface area (Å²) in [5.41, 5.74) is 3.70. The van der Waals surface area contributed by atoms with Crippen LogP contribution in [-0.4, -0.2) is 41.1 Å². The Balaban J connectivity index is 1.59. The molecule has 1 aliphatic heterocycles. The van der Waals surface area contributed by atoms with Crippen molar-refractivity contribution < 1.29 is 5.21 Å². The molecule has 0 atom stereocenters. The Morgan fingerprint density at radius 3 is 2.58 bits per heavy atom. The molecule has 0 saturated carbocycles. The normalized spacial score (nSPS) is 14.8. The molecular weight excluding hydrogens is 324 g/mol. The molecule has 1 aromatic carbocycles. The lowest BCUT2D eigenvalue weighted by molar-refractivity contribution is 0.194. The standard InChI is InChI=1S/C21H22N4O/c26-25-20(8-9-21(25)24-14-12-22-13-15-24)18-10-11-23-19(16-18)7-6-17-4-2-1-3-5-17/h1-11,16,22,26H,12-15H2/b7-6+. The Kier molecular flexibility index (Phi) is 4.71. The third-order valence-corrected chi connectivity index (χ3v) is 4.60. The Bertz CT molecular complexity index is 895. The molecule has 3 heterocycles. The molecule has 1 saturated heterocycles. The van der Waals surface area contributed by atoms with Gasteiger partial charge >= 0.3 is 0 Å². The van der Waals surface area contributed by atoms with Crippen LogP contribution in [0, 0.1) is 0 Å². The summed E-state index contributed by atoms with van der Waals surface area (Å²) in [5.74, 6) is 0.833. The van der Waals surface area contributed by atoms with E-state index in [1.807, 2.05) is 54.6 Å². The minimum atomic E-state index is 0.773. The zero-order chi connectivity index (χ0) is 17.8. The molecule has 0 unspecified atom stereocenters. The topological polar surface area (TPSA) is 53.3 Å². The lowest BCUT2D eigenvalue weighted by atomic mass is 10.1. The van der Waals surface area contributed by atoms with E-state index < -0.39 is 0 Å². The van der Waals surface area contributed by atoms with Crippen LogP contribution in [0.1, 0.15) is 11.3 Å². The lowest BCUT2D eigenvalue weighted by Gasteiger charge is -2.28. The zero-order valence-electron chi connectivity index (χ0n) is 14.5. The second kappa shape index (κ2) is 7.45. The minimum absolute atomic E-state index is 0.773. The number of hydrogen-bond donors (Lipinski definition) is 2. The molecule has 0 radical (unpaired) electrons. The van der Waals surface area contributed by atoms with Crippen molar-refractivity contribution >= 4 is 18.0 Å². The molecule has 132 valence electrons. The van der Waals surface area contributed by atoms with Gasteiger partial charge in [0.25, 0.3) is 0 Å². The third-order valence-electron chi connectivity index (χ3n) is 4.60. The van der Waals surface area contributed by atoms with E-state index in [1.54, 1.807) is 6.20 Å². The minimum Gasteiger partial charge on any atom is -0.426 e. The first-order valence-electron chi connectivity index (χ1n) is 8.87. The van der Waals surface area contributed by atoms with Crippen molar-refractivity contribution in [3.63, 3.8) is 0 Å². The van der Waals surface area contributed by atoms with Crippen molar-refractivity contribution in [1.82, 2.24) is 15.0 Å². The van der Waals surface area contributed by atoms with Crippen LogP contribution in [0.15, 0.2) is 60.8 Å². The smallest absolute Gasteiger partial charge is 0.145 e. The predicted octanol–water partition coefficient (Wildman–Crippen LogP) is 3.37. The molecular formula is C21H22N4O. The van der Waals surface area contributed by atoms with Crippen molar-refractivity contribution in [2.75, 3.05) is 31.1 Å². The van der Waals surface area contributed by atoms with Gasteiger partial charge in [-0.15, -0.1) is 0 Å². The summed E-state index contributed by atoms with van der Waals surface area (Å²) in [6.45, 7) is 3.66. The molecule has 0 bridgehead atoms. The first kappa shape index (κ1) is 16.4. The maximum absolute atomic E-state index is 10.6. The fourth-order valence-electron chi connectivity index (χ4n) is 3.21. The summed E-state index contributed by atoms with van der Waals surface area (Å²) >= 11 is 0. The van der Waals surface area contributed by atoms with Gasteiger partial charge in [0.1, 0.15) is 5.82 Å². The van der Waals surface area contributed by atoms with Gasteiger partial charge in [0.2, 0.25) is 0 Å². The number of nitrogens with one attached hydrogen (secondary N) is 1. The van der Waals surface area contributed by atoms with Gasteiger partial charge in [0.05, 0.1) is 11.4 Å². The van der Waals surface area contributed by atoms with Crippen molar-refractivity contribution in [3.05, 3.63) is 72.1 Å². The fourth-order valence-corrected chi connectivity index (χ4v) is 3.21. The van der Waals surface area contributed by atoms with Gasteiger partial charge in [-0.3, -0.25) is 4.98 Å². The first-order chi connectivity index (χ1) is 12.8. The average Bonchev–Trinajstić information content (AvgIpc) is 3.09. The van der Waals surface area contributed by atoms with Crippen molar-refractivity contribution in [2.24, 2.45) is 0 Å². The number of anilines is 1. The molecule has 1 fully saturated rings. The average molecular weight is 346 g/mol. The second-order valence-corrected chi connectivity index (χ2v) is 6.34. The summed E-state index contributed by atoms with van der Waals surface area (Å²) in [5, 5.41) is 14.0. The van der Waals surface area contributed by atoms with Crippen molar-refractivity contribution in [1.29, 1.82) is 0 Å². The van der Waals surface area contributed by atoms with Gasteiger partial charge < -0.3 is 15.4 Å². The molecule has 4 rings (SSSR count). The zero-order valence-corrected chi connectivity index (χ0v) is 14.5. The van der Waals surface area contributed by atoms with Crippen LogP contribution in [0.4, 0.5) is 5.82 Å². The van der Waals surface area contributed by atoms with E-state index in [0.29, 0.717) is 0 Å². The SMILES string of the molecule is On1c(-c2ccnc(/C=C/c3ccccc3)c2)ccc1N1CCNCC1. The van der Waals surface area contributed by atoms with E-state index in [4.69, 9.17) is 0 Å². The number of benzene rings is 1. The van der Waals surface area contributed by atoms with E-state index in [0.717, 1.165) is 54.5 Å². The van der Waals surface area contributed by atoms with Crippen LogP contribution in [0.3, 0.4) is 0 Å². The number of hydrogen-bond acceptors (Lipinski definition) is 4. The number of pyridine rings is 1. The summed E-state index contributed by atoms with van der Waals surface area (Å²) in [4.78, 5) is 6.60. The molecule has 3 aromatic rings. The van der Waals surface area contributed by atoms with Crippen LogP contribution >= 0.6 is 0 Å². The maximum atomic E-state index is 10.6. The molecule has 0 amide bonds. The highest BCUT2D eigenvalue weighted by atomic mass is 16.5. The number of aromatic nitrogens is 2. The molecule has 0 spiro atoms. The molecule has 2 N–H and O–H groups in total. The van der Waals surface area contributed by atoms with Gasteiger partial charge in [-0.1, -0.05) is 36.4 Å². The maximum Gasteiger partial charge on any atom is 0.145 e. The van der Waals surface area contributed by atoms with Gasteiger partial charge in [-0.2, -0.15) is 4.73 Å². The number of nitrogens with zero attached hydrogens (tertiary/aromatic N) is 3. The molecule has 5 heteroatoms. The van der Waals surface area contributed by atoms with Gasteiger partial charge in [0, 0.05) is 37.9 Å². The van der Waals surface area contributed by atoms with E-state index in [-0.39, 0.29) is 0 Å². The Morgan fingerprint density at radius 1 is 0.962 bits per heavy atom. The van der Waals surface area contributed by atoms with Crippen molar-refractivity contribution in [2.45, 2.75) is 0 Å². The monoisotopic (exact) mass is 346 g/mol. The first-order valence-corrected chi connectivity index (χ1v) is 8.87. The van der Waals surface area contributed by atoms with Crippen LogP contribution in [-0.2, 0) is 0 Å². The van der Waals surface area contributed by atoms with E-state index in [1.165, 1.54) is 4.73 Å². The largest absolute Gasteiger partial charge is 0.426 e. The van der Waals surface area contributed by atoms with Gasteiger partial charge in [-0.25, -0.2) is 0 Å². The van der Waals surface area contributed by atoms with Crippen LogP contribution < -0.4 is 10.2 Å². The summed E-state index contributed by atoms with van der Waals surface area (Å²) in [6, 6.07) is 18.0. The molecule has 1 aliphatic rings. The number of piperazine rings is 1. The second-order valence-electron chi connectivity index (χ2n) is 6.34. The van der Waals surface area contributed by atoms with E-state index >= 15 is 0 Å². The highest BCUT2D eigenvalue weighted by Crippen LogP contribution is 2.27. The molecule has 0 aliphatic carbocycles. The van der Waals surface area contributed by atoms with Crippen molar-refractivity contribution in [3.8, 4) is 11.3 Å². The highest BCUT2D eigenvalue weighted by Gasteiger charge is 2.17. The van der Waals surface area contributed by atoms with Gasteiger partial charge in [0.15, 0.2) is 0 Å². The molecule has 5 nitrogen and oxygen atoms in total. The quantitative estimate of drug-likeness (QED) is 0.711. The lowest BCUT2D eigenvalue weighted by Crippen LogP contribution is -2.44. The Morgan fingerprint density at radius 2 is 1.77 bits per heavy atom. The van der Waals surface area contributed by atoms with Gasteiger partial charge in [-0.05, 0) is 35.9 Å². The van der Waals surface area contributed by atoms with Crippen LogP contribution in [0.25, 0.3) is 23.4 Å². The third kappa shape index (κ3) is 3.48. The molecule has 26 heavy (non-hydrogen) atoms. The van der Waals surface area contributed by atoms with E-state index in [2.05, 4.69) is 27.3 Å². The van der Waals surface area contributed by atoms with E-state index in [9.17, 15) is 5.21 Å². The summed E-state index contributed by atoms with van der Waals surface area (Å²) in [6.07, 6.45) is 5.80. The summed E-state index contributed by atoms with van der Waals surface area (Å²) < 4.78 is 1.28. The predicted molar refractivity (Wildman–Crippen MR) is 105 cm³/mol. The number of rotatable bonds is 4.